The van der Waals surface area contributed by atoms with E-state index < -0.39 is 0 Å². The van der Waals surface area contributed by atoms with Crippen molar-refractivity contribution < 1.29 is 9.53 Å². The van der Waals surface area contributed by atoms with Crippen molar-refractivity contribution in [2.75, 3.05) is 32.8 Å². The number of amides is 1. The second-order valence-electron chi connectivity index (χ2n) is 5.86. The first kappa shape index (κ1) is 15.9. The SMILES string of the molecule is CC(C)CC(CNC(=O)c1ccccn1)N1CCOCC1. The number of hydrogen-bond donors (Lipinski definition) is 1. The van der Waals surface area contributed by atoms with Crippen LogP contribution in [0.2, 0.25) is 0 Å². The van der Waals surface area contributed by atoms with Gasteiger partial charge in [-0.25, -0.2) is 0 Å². The minimum absolute atomic E-state index is 0.0994. The van der Waals surface area contributed by atoms with Crippen molar-refractivity contribution in [1.29, 1.82) is 0 Å². The van der Waals surface area contributed by atoms with Crippen LogP contribution in [0.15, 0.2) is 24.4 Å². The molecule has 1 saturated heterocycles. The van der Waals surface area contributed by atoms with Gasteiger partial charge in [-0.05, 0) is 24.5 Å². The van der Waals surface area contributed by atoms with Gasteiger partial charge in [-0.15, -0.1) is 0 Å². The fraction of sp³-hybridized carbons (Fsp3) is 0.625. The van der Waals surface area contributed by atoms with Gasteiger partial charge in [0.2, 0.25) is 0 Å². The lowest BCUT2D eigenvalue weighted by atomic mass is 10.0. The highest BCUT2D eigenvalue weighted by atomic mass is 16.5. The van der Waals surface area contributed by atoms with E-state index in [1.54, 1.807) is 12.3 Å². The molecule has 0 saturated carbocycles. The Morgan fingerprint density at radius 3 is 2.76 bits per heavy atom. The first-order valence-corrected chi connectivity index (χ1v) is 7.68. The summed E-state index contributed by atoms with van der Waals surface area (Å²) >= 11 is 0. The highest BCUT2D eigenvalue weighted by Crippen LogP contribution is 2.13. The van der Waals surface area contributed by atoms with Crippen LogP contribution in [0.4, 0.5) is 0 Å². The molecule has 21 heavy (non-hydrogen) atoms. The molecule has 2 rings (SSSR count). The zero-order valence-corrected chi connectivity index (χ0v) is 12.9. The van der Waals surface area contributed by atoms with Crippen molar-refractivity contribution in [3.05, 3.63) is 30.1 Å². The lowest BCUT2D eigenvalue weighted by Crippen LogP contribution is -2.49. The van der Waals surface area contributed by atoms with Crippen molar-refractivity contribution in [2.24, 2.45) is 5.92 Å². The van der Waals surface area contributed by atoms with E-state index in [0.717, 1.165) is 32.7 Å². The van der Waals surface area contributed by atoms with Crippen molar-refractivity contribution in [3.63, 3.8) is 0 Å². The van der Waals surface area contributed by atoms with Gasteiger partial charge in [0, 0.05) is 31.9 Å². The van der Waals surface area contributed by atoms with E-state index in [-0.39, 0.29) is 5.91 Å². The van der Waals surface area contributed by atoms with Crippen LogP contribution in [0, 0.1) is 5.92 Å². The summed E-state index contributed by atoms with van der Waals surface area (Å²) < 4.78 is 5.41. The number of hydrogen-bond acceptors (Lipinski definition) is 4. The Morgan fingerprint density at radius 2 is 2.14 bits per heavy atom. The third kappa shape index (κ3) is 5.10. The van der Waals surface area contributed by atoms with Gasteiger partial charge in [-0.2, -0.15) is 0 Å². The molecular formula is C16H25N3O2. The highest BCUT2D eigenvalue weighted by Gasteiger charge is 2.22. The first-order chi connectivity index (χ1) is 10.2. The number of ether oxygens (including phenoxy) is 1. The molecule has 1 amide bonds. The third-order valence-corrected chi connectivity index (χ3v) is 3.70. The predicted octanol–water partition coefficient (Wildman–Crippen LogP) is 1.56. The monoisotopic (exact) mass is 291 g/mol. The summed E-state index contributed by atoms with van der Waals surface area (Å²) in [5, 5.41) is 3.02. The minimum atomic E-state index is -0.0994. The smallest absolute Gasteiger partial charge is 0.269 e. The van der Waals surface area contributed by atoms with E-state index in [1.807, 2.05) is 12.1 Å². The van der Waals surface area contributed by atoms with E-state index in [1.165, 1.54) is 0 Å². The average molecular weight is 291 g/mol. The Balaban J connectivity index is 1.90. The zero-order chi connectivity index (χ0) is 15.1. The maximum Gasteiger partial charge on any atom is 0.269 e. The van der Waals surface area contributed by atoms with Crippen molar-refractivity contribution in [1.82, 2.24) is 15.2 Å². The molecule has 5 nitrogen and oxygen atoms in total. The summed E-state index contributed by atoms with van der Waals surface area (Å²) in [6.07, 6.45) is 2.71. The molecule has 116 valence electrons. The molecule has 0 aliphatic carbocycles. The summed E-state index contributed by atoms with van der Waals surface area (Å²) in [5.74, 6) is 0.502. The van der Waals surface area contributed by atoms with E-state index in [9.17, 15) is 4.79 Å². The number of pyridine rings is 1. The van der Waals surface area contributed by atoms with Crippen molar-refractivity contribution in [2.45, 2.75) is 26.3 Å². The number of nitrogens with zero attached hydrogens (tertiary/aromatic N) is 2. The van der Waals surface area contributed by atoms with Gasteiger partial charge < -0.3 is 10.1 Å². The van der Waals surface area contributed by atoms with Crippen LogP contribution in [0.3, 0.4) is 0 Å². The molecule has 0 radical (unpaired) electrons. The highest BCUT2D eigenvalue weighted by molar-refractivity contribution is 5.92. The normalized spacial score (nSPS) is 17.7. The van der Waals surface area contributed by atoms with Crippen LogP contribution in [0.25, 0.3) is 0 Å². The van der Waals surface area contributed by atoms with E-state index in [2.05, 4.69) is 29.0 Å². The molecule has 1 aromatic rings. The largest absolute Gasteiger partial charge is 0.379 e. The molecule has 0 spiro atoms. The van der Waals surface area contributed by atoms with Crippen molar-refractivity contribution in [3.8, 4) is 0 Å². The zero-order valence-electron chi connectivity index (χ0n) is 12.9. The maximum atomic E-state index is 12.1. The quantitative estimate of drug-likeness (QED) is 0.864. The van der Waals surface area contributed by atoms with Crippen LogP contribution >= 0.6 is 0 Å². The number of carbonyl (C=O) groups excluding carboxylic acids is 1. The molecule has 1 unspecified atom stereocenters. The topological polar surface area (TPSA) is 54.5 Å². The summed E-state index contributed by atoms with van der Waals surface area (Å²) in [6, 6.07) is 5.74. The molecule has 5 heteroatoms. The lowest BCUT2D eigenvalue weighted by molar-refractivity contribution is 0.0124. The molecule has 0 bridgehead atoms. The maximum absolute atomic E-state index is 12.1. The van der Waals surface area contributed by atoms with Crippen molar-refractivity contribution >= 4 is 5.91 Å². The summed E-state index contributed by atoms with van der Waals surface area (Å²) in [4.78, 5) is 18.6. The number of aromatic nitrogens is 1. The van der Waals surface area contributed by atoms with Gasteiger partial charge in [-0.3, -0.25) is 14.7 Å². The van der Waals surface area contributed by atoms with Crippen LogP contribution in [0.1, 0.15) is 30.8 Å². The summed E-state index contributed by atoms with van der Waals surface area (Å²) in [7, 11) is 0. The standard InChI is InChI=1S/C16H25N3O2/c1-13(2)11-14(19-7-9-21-10-8-19)12-18-16(20)15-5-3-4-6-17-15/h3-6,13-14H,7-12H2,1-2H3,(H,18,20). The van der Waals surface area contributed by atoms with Crippen LogP contribution < -0.4 is 5.32 Å². The molecular weight excluding hydrogens is 266 g/mol. The summed E-state index contributed by atoms with van der Waals surface area (Å²) in [6.45, 7) is 8.54. The molecule has 0 aromatic carbocycles. The van der Waals surface area contributed by atoms with Gasteiger partial charge in [0.15, 0.2) is 0 Å². The Morgan fingerprint density at radius 1 is 1.38 bits per heavy atom. The third-order valence-electron chi connectivity index (χ3n) is 3.70. The molecule has 1 fully saturated rings. The number of morpholine rings is 1. The van der Waals surface area contributed by atoms with Crippen LogP contribution in [-0.4, -0.2) is 54.7 Å². The molecule has 1 atom stereocenters. The second-order valence-corrected chi connectivity index (χ2v) is 5.86. The van der Waals surface area contributed by atoms with Gasteiger partial charge >= 0.3 is 0 Å². The molecule has 1 aliphatic heterocycles. The van der Waals surface area contributed by atoms with Gasteiger partial charge in [0.05, 0.1) is 13.2 Å². The van der Waals surface area contributed by atoms with E-state index in [4.69, 9.17) is 4.74 Å². The van der Waals surface area contributed by atoms with Crippen LogP contribution in [-0.2, 0) is 4.74 Å². The second kappa shape index (κ2) is 8.10. The fourth-order valence-electron chi connectivity index (χ4n) is 2.65. The summed E-state index contributed by atoms with van der Waals surface area (Å²) in [5.41, 5.74) is 0.475. The number of rotatable bonds is 6. The predicted molar refractivity (Wildman–Crippen MR) is 82.2 cm³/mol. The van der Waals surface area contributed by atoms with E-state index >= 15 is 0 Å². The molecule has 1 aromatic heterocycles. The number of carbonyl (C=O) groups is 1. The number of nitrogens with one attached hydrogen (secondary N) is 1. The Bertz CT molecular complexity index is 430. The van der Waals surface area contributed by atoms with Gasteiger partial charge in [0.1, 0.15) is 5.69 Å². The Hall–Kier alpha value is -1.46. The average Bonchev–Trinajstić information content (AvgIpc) is 2.52. The van der Waals surface area contributed by atoms with E-state index in [0.29, 0.717) is 24.2 Å². The first-order valence-electron chi connectivity index (χ1n) is 7.68. The van der Waals surface area contributed by atoms with Crippen LogP contribution in [0.5, 0.6) is 0 Å². The Kier molecular flexibility index (Phi) is 6.14. The molecule has 1 N–H and O–H groups in total. The lowest BCUT2D eigenvalue weighted by Gasteiger charge is -2.35. The fourth-order valence-corrected chi connectivity index (χ4v) is 2.65. The molecule has 1 aliphatic rings. The minimum Gasteiger partial charge on any atom is -0.379 e. The molecule has 2 heterocycles. The van der Waals surface area contributed by atoms with Gasteiger partial charge in [0.25, 0.3) is 5.91 Å². The Labute approximate surface area is 126 Å². The van der Waals surface area contributed by atoms with Gasteiger partial charge in [-0.1, -0.05) is 19.9 Å².